The number of hydrogen-bond donors (Lipinski definition) is 0. The second-order valence-electron chi connectivity index (χ2n) is 3.84. The smallest absolute Gasteiger partial charge is 0.306 e. The van der Waals surface area contributed by atoms with Crippen molar-refractivity contribution < 1.29 is 9.53 Å². The van der Waals surface area contributed by atoms with Crippen LogP contribution in [0.4, 0.5) is 0 Å². The van der Waals surface area contributed by atoms with E-state index in [1.807, 2.05) is 13.8 Å². The zero-order valence-electron chi connectivity index (χ0n) is 7.46. The minimum atomic E-state index is -0.0330. The van der Waals surface area contributed by atoms with Crippen LogP contribution in [-0.2, 0) is 9.53 Å². The maximum atomic E-state index is 11.0. The molecule has 1 rings (SSSR count). The minimum absolute atomic E-state index is 0.0330. The van der Waals surface area contributed by atoms with E-state index in [-0.39, 0.29) is 12.1 Å². The molecule has 0 amide bonds. The van der Waals surface area contributed by atoms with E-state index in [0.717, 1.165) is 6.42 Å². The fourth-order valence-corrected chi connectivity index (χ4v) is 1.00. The molecule has 2 heteroatoms. The Bertz CT molecular complexity index is 152. The summed E-state index contributed by atoms with van der Waals surface area (Å²) in [5.74, 6) is 0.983. The third-order valence-corrected chi connectivity index (χ3v) is 1.89. The van der Waals surface area contributed by atoms with E-state index in [9.17, 15) is 4.79 Å². The molecule has 2 unspecified atom stereocenters. The molecule has 0 heterocycles. The molecule has 0 N–H and O–H groups in total. The molecule has 0 saturated heterocycles. The molecule has 0 aromatic heterocycles. The van der Waals surface area contributed by atoms with E-state index in [2.05, 4.69) is 6.92 Å². The molecule has 64 valence electrons. The molecule has 1 fully saturated rings. The van der Waals surface area contributed by atoms with E-state index >= 15 is 0 Å². The average Bonchev–Trinajstić information content (AvgIpc) is 2.43. The average molecular weight is 156 g/mol. The molecule has 0 aromatic rings. The van der Waals surface area contributed by atoms with Gasteiger partial charge in [0.1, 0.15) is 6.10 Å². The summed E-state index contributed by atoms with van der Waals surface area (Å²) >= 11 is 0. The van der Waals surface area contributed by atoms with Crippen molar-refractivity contribution in [2.75, 3.05) is 0 Å². The van der Waals surface area contributed by atoms with Gasteiger partial charge in [-0.25, -0.2) is 0 Å². The Kier molecular flexibility index (Phi) is 2.53. The molecule has 0 bridgehead atoms. The second-order valence-corrected chi connectivity index (χ2v) is 3.84. The Balaban J connectivity index is 2.11. The molecule has 0 aliphatic heterocycles. The highest BCUT2D eigenvalue weighted by Crippen LogP contribution is 2.33. The standard InChI is InChI=1S/C9H16O2/c1-6(2)4-9(10)11-8-5-7(8)3/h6-8H,4-5H2,1-3H3. The van der Waals surface area contributed by atoms with Gasteiger partial charge < -0.3 is 4.74 Å². The van der Waals surface area contributed by atoms with Crippen molar-refractivity contribution in [1.29, 1.82) is 0 Å². The Morgan fingerprint density at radius 3 is 2.55 bits per heavy atom. The lowest BCUT2D eigenvalue weighted by Crippen LogP contribution is -2.09. The van der Waals surface area contributed by atoms with Crippen molar-refractivity contribution in [3.63, 3.8) is 0 Å². The molecule has 2 nitrogen and oxygen atoms in total. The van der Waals surface area contributed by atoms with Crippen molar-refractivity contribution in [3.8, 4) is 0 Å². The lowest BCUT2D eigenvalue weighted by atomic mass is 10.1. The van der Waals surface area contributed by atoms with Crippen LogP contribution in [0.3, 0.4) is 0 Å². The van der Waals surface area contributed by atoms with Crippen molar-refractivity contribution in [1.82, 2.24) is 0 Å². The molecule has 11 heavy (non-hydrogen) atoms. The van der Waals surface area contributed by atoms with Crippen LogP contribution in [0.1, 0.15) is 33.6 Å². The summed E-state index contributed by atoms with van der Waals surface area (Å²) < 4.78 is 5.15. The Morgan fingerprint density at radius 2 is 2.18 bits per heavy atom. The summed E-state index contributed by atoms with van der Waals surface area (Å²) in [5, 5.41) is 0. The van der Waals surface area contributed by atoms with E-state index in [1.165, 1.54) is 0 Å². The number of carbonyl (C=O) groups excluding carboxylic acids is 1. The monoisotopic (exact) mass is 156 g/mol. The molecule has 0 spiro atoms. The summed E-state index contributed by atoms with van der Waals surface area (Å²) in [7, 11) is 0. The maximum Gasteiger partial charge on any atom is 0.306 e. The Hall–Kier alpha value is -0.530. The molecule has 2 atom stereocenters. The van der Waals surface area contributed by atoms with E-state index in [1.54, 1.807) is 0 Å². The SMILES string of the molecule is CC(C)CC(=O)OC1CC1C. The fourth-order valence-electron chi connectivity index (χ4n) is 1.00. The first kappa shape index (κ1) is 8.57. The van der Waals surface area contributed by atoms with Crippen molar-refractivity contribution in [2.45, 2.75) is 39.7 Å². The highest BCUT2D eigenvalue weighted by Gasteiger charge is 2.36. The van der Waals surface area contributed by atoms with Crippen LogP contribution in [-0.4, -0.2) is 12.1 Å². The van der Waals surface area contributed by atoms with Crippen LogP contribution in [0.25, 0.3) is 0 Å². The van der Waals surface area contributed by atoms with Gasteiger partial charge in [0.25, 0.3) is 0 Å². The predicted molar refractivity (Wildman–Crippen MR) is 43.1 cm³/mol. The zero-order valence-corrected chi connectivity index (χ0v) is 7.46. The molecule has 1 aliphatic rings. The van der Waals surface area contributed by atoms with Crippen LogP contribution in [0.2, 0.25) is 0 Å². The van der Waals surface area contributed by atoms with Gasteiger partial charge in [-0.15, -0.1) is 0 Å². The second kappa shape index (κ2) is 3.24. The van der Waals surface area contributed by atoms with Gasteiger partial charge in [-0.2, -0.15) is 0 Å². The summed E-state index contributed by atoms with van der Waals surface area (Å²) in [6.45, 7) is 6.16. The van der Waals surface area contributed by atoms with Crippen LogP contribution in [0.15, 0.2) is 0 Å². The van der Waals surface area contributed by atoms with Gasteiger partial charge in [0, 0.05) is 6.42 Å². The normalized spacial score (nSPS) is 28.7. The van der Waals surface area contributed by atoms with Gasteiger partial charge >= 0.3 is 5.97 Å². The van der Waals surface area contributed by atoms with Gasteiger partial charge in [0.05, 0.1) is 0 Å². The summed E-state index contributed by atoms with van der Waals surface area (Å²) in [4.78, 5) is 11.0. The fraction of sp³-hybridized carbons (Fsp3) is 0.889. The molecule has 1 saturated carbocycles. The third kappa shape index (κ3) is 2.91. The van der Waals surface area contributed by atoms with Gasteiger partial charge in [-0.3, -0.25) is 4.79 Å². The third-order valence-electron chi connectivity index (χ3n) is 1.89. The molecular weight excluding hydrogens is 140 g/mol. The number of esters is 1. The molecular formula is C9H16O2. The number of ether oxygens (including phenoxy) is 1. The first-order valence-corrected chi connectivity index (χ1v) is 4.29. The first-order valence-electron chi connectivity index (χ1n) is 4.29. The van der Waals surface area contributed by atoms with Crippen LogP contribution in [0.5, 0.6) is 0 Å². The quantitative estimate of drug-likeness (QED) is 0.584. The van der Waals surface area contributed by atoms with Gasteiger partial charge in [-0.1, -0.05) is 20.8 Å². The number of hydrogen-bond acceptors (Lipinski definition) is 2. The zero-order chi connectivity index (χ0) is 8.43. The van der Waals surface area contributed by atoms with Gasteiger partial charge in [-0.05, 0) is 18.3 Å². The van der Waals surface area contributed by atoms with Crippen LogP contribution >= 0.6 is 0 Å². The van der Waals surface area contributed by atoms with E-state index in [0.29, 0.717) is 18.3 Å². The van der Waals surface area contributed by atoms with Crippen molar-refractivity contribution >= 4 is 5.97 Å². The lowest BCUT2D eigenvalue weighted by Gasteiger charge is -2.04. The van der Waals surface area contributed by atoms with Crippen molar-refractivity contribution in [2.24, 2.45) is 11.8 Å². The molecule has 0 aromatic carbocycles. The Labute approximate surface area is 67.9 Å². The largest absolute Gasteiger partial charge is 0.462 e. The van der Waals surface area contributed by atoms with Crippen LogP contribution in [0, 0.1) is 11.8 Å². The van der Waals surface area contributed by atoms with Crippen LogP contribution < -0.4 is 0 Å². The molecule has 0 radical (unpaired) electrons. The number of rotatable bonds is 3. The topological polar surface area (TPSA) is 26.3 Å². The van der Waals surface area contributed by atoms with Crippen molar-refractivity contribution in [3.05, 3.63) is 0 Å². The Morgan fingerprint density at radius 1 is 1.64 bits per heavy atom. The van der Waals surface area contributed by atoms with E-state index < -0.39 is 0 Å². The highest BCUT2D eigenvalue weighted by molar-refractivity contribution is 5.70. The minimum Gasteiger partial charge on any atom is -0.462 e. The van der Waals surface area contributed by atoms with E-state index in [4.69, 9.17) is 4.74 Å². The highest BCUT2D eigenvalue weighted by atomic mass is 16.5. The predicted octanol–water partition coefficient (Wildman–Crippen LogP) is 1.98. The van der Waals surface area contributed by atoms with Gasteiger partial charge in [0.2, 0.25) is 0 Å². The first-order chi connectivity index (χ1) is 5.09. The summed E-state index contributed by atoms with van der Waals surface area (Å²) in [5.41, 5.74) is 0. The lowest BCUT2D eigenvalue weighted by molar-refractivity contribution is -0.146. The van der Waals surface area contributed by atoms with Gasteiger partial charge in [0.15, 0.2) is 0 Å². The maximum absolute atomic E-state index is 11.0. The summed E-state index contributed by atoms with van der Waals surface area (Å²) in [6.07, 6.45) is 1.86. The summed E-state index contributed by atoms with van der Waals surface area (Å²) in [6, 6.07) is 0. The number of carbonyl (C=O) groups is 1. The molecule has 1 aliphatic carbocycles.